The molecule has 0 aromatic rings. The summed E-state index contributed by atoms with van der Waals surface area (Å²) in [5, 5.41) is 17.4. The summed E-state index contributed by atoms with van der Waals surface area (Å²) in [5.74, 6) is 9.66. The van der Waals surface area contributed by atoms with Gasteiger partial charge in [-0.25, -0.2) is 16.5 Å². The smallest absolute Gasteiger partial charge is 0.370 e. The van der Waals surface area contributed by atoms with Crippen molar-refractivity contribution in [2.75, 3.05) is 13.2 Å². The van der Waals surface area contributed by atoms with Crippen LogP contribution in [0, 0.1) is 0 Å². The van der Waals surface area contributed by atoms with Crippen molar-refractivity contribution in [3.63, 3.8) is 0 Å². The molecule has 1 unspecified atom stereocenters. The first-order valence-corrected chi connectivity index (χ1v) is 3.09. The van der Waals surface area contributed by atoms with Gasteiger partial charge in [0.05, 0.1) is 6.61 Å². The summed E-state index contributed by atoms with van der Waals surface area (Å²) in [6.07, 6.45) is -1.08. The van der Waals surface area contributed by atoms with E-state index in [1.165, 1.54) is 0 Å². The lowest BCUT2D eigenvalue weighted by Crippen LogP contribution is -2.48. The Balaban J connectivity index is 3.56. The van der Waals surface area contributed by atoms with E-state index in [9.17, 15) is 4.79 Å². The fraction of sp³-hybridized carbons (Fsp3) is 0.750. The van der Waals surface area contributed by atoms with Crippen LogP contribution < -0.4 is 17.1 Å². The molecule has 0 fully saturated rings. The van der Waals surface area contributed by atoms with Crippen LogP contribution in [-0.2, 0) is 4.84 Å². The highest BCUT2D eigenvalue weighted by atomic mass is 16.7. The maximum atomic E-state index is 10.5. The van der Waals surface area contributed by atoms with E-state index in [2.05, 4.69) is 4.84 Å². The van der Waals surface area contributed by atoms with E-state index in [1.807, 2.05) is 0 Å². The topological polar surface area (TPSA) is 134 Å². The van der Waals surface area contributed by atoms with E-state index >= 15 is 0 Å². The van der Waals surface area contributed by atoms with Crippen LogP contribution in [0.2, 0.25) is 0 Å². The van der Waals surface area contributed by atoms with E-state index in [1.54, 1.807) is 5.43 Å². The first-order chi connectivity index (χ1) is 5.61. The molecule has 0 aliphatic heterocycles. The number of carbonyl (C=O) groups excluding carboxylic acids is 1. The number of nitrogens with zero attached hydrogens (tertiary/aromatic N) is 1. The van der Waals surface area contributed by atoms with Gasteiger partial charge in [0.25, 0.3) is 0 Å². The van der Waals surface area contributed by atoms with Crippen molar-refractivity contribution >= 4 is 6.03 Å². The Hall–Kier alpha value is -0.930. The van der Waals surface area contributed by atoms with Gasteiger partial charge < -0.3 is 10.2 Å². The molecule has 0 aliphatic carbocycles. The quantitative estimate of drug-likeness (QED) is 0.178. The minimum absolute atomic E-state index is 0.291. The fourth-order valence-electron chi connectivity index (χ4n) is 0.341. The van der Waals surface area contributed by atoms with Crippen LogP contribution in [0.3, 0.4) is 0 Å². The normalized spacial score (nSPS) is 12.3. The standard InChI is InChI=1S/C4H12N4O4/c5-7-4(11)8(6)12-2-3(10)1-9/h3,9-10H,1-2,5-6H2,(H,7,11). The van der Waals surface area contributed by atoms with Gasteiger partial charge in [-0.3, -0.25) is 10.3 Å². The molecule has 0 radical (unpaired) electrons. The zero-order valence-corrected chi connectivity index (χ0v) is 6.30. The highest BCUT2D eigenvalue weighted by Crippen LogP contribution is 1.86. The number of aliphatic hydroxyl groups excluding tert-OH is 2. The number of aliphatic hydroxyl groups is 2. The summed E-state index contributed by atoms with van der Waals surface area (Å²) in [7, 11) is 0. The third-order valence-electron chi connectivity index (χ3n) is 0.940. The van der Waals surface area contributed by atoms with Crippen molar-refractivity contribution in [2.24, 2.45) is 11.7 Å². The number of hydroxylamine groups is 1. The molecule has 0 saturated heterocycles. The predicted molar refractivity (Wildman–Crippen MR) is 37.8 cm³/mol. The summed E-state index contributed by atoms with van der Waals surface area (Å²) >= 11 is 0. The first-order valence-electron chi connectivity index (χ1n) is 3.09. The van der Waals surface area contributed by atoms with Crippen molar-refractivity contribution in [1.29, 1.82) is 0 Å². The van der Waals surface area contributed by atoms with Crippen LogP contribution in [0.5, 0.6) is 0 Å². The Bertz CT molecular complexity index is 143. The number of rotatable bonds is 4. The molecule has 8 heteroatoms. The molecule has 12 heavy (non-hydrogen) atoms. The average Bonchev–Trinajstić information content (AvgIpc) is 2.11. The van der Waals surface area contributed by atoms with Crippen LogP contribution in [0.4, 0.5) is 4.79 Å². The van der Waals surface area contributed by atoms with Crippen LogP contribution >= 0.6 is 0 Å². The third-order valence-corrected chi connectivity index (χ3v) is 0.940. The SMILES string of the molecule is NNC(=O)N(N)OCC(O)CO. The molecular weight excluding hydrogens is 168 g/mol. The van der Waals surface area contributed by atoms with Gasteiger partial charge in [0, 0.05) is 0 Å². The molecule has 0 bridgehead atoms. The molecule has 72 valence electrons. The third kappa shape index (κ3) is 4.05. The number of amides is 2. The van der Waals surface area contributed by atoms with Gasteiger partial charge in [-0.2, -0.15) is 0 Å². The van der Waals surface area contributed by atoms with Gasteiger partial charge in [-0.05, 0) is 0 Å². The number of hydrogen-bond donors (Lipinski definition) is 5. The van der Waals surface area contributed by atoms with Gasteiger partial charge in [0.15, 0.2) is 0 Å². The maximum absolute atomic E-state index is 10.5. The van der Waals surface area contributed by atoms with E-state index in [-0.39, 0.29) is 6.61 Å². The minimum Gasteiger partial charge on any atom is -0.394 e. The van der Waals surface area contributed by atoms with E-state index < -0.39 is 18.7 Å². The van der Waals surface area contributed by atoms with Crippen molar-refractivity contribution in [1.82, 2.24) is 10.6 Å². The molecule has 0 rings (SSSR count). The molecule has 8 nitrogen and oxygen atoms in total. The summed E-state index contributed by atoms with van der Waals surface area (Å²) in [6, 6.07) is -0.861. The van der Waals surface area contributed by atoms with Crippen LogP contribution in [0.15, 0.2) is 0 Å². The molecule has 0 aliphatic rings. The predicted octanol–water partition coefficient (Wildman–Crippen LogP) is -2.97. The largest absolute Gasteiger partial charge is 0.394 e. The van der Waals surface area contributed by atoms with Gasteiger partial charge in [-0.15, -0.1) is 5.17 Å². The minimum atomic E-state index is -1.08. The number of urea groups is 1. The van der Waals surface area contributed by atoms with E-state index in [0.29, 0.717) is 5.17 Å². The molecular formula is C4H12N4O4. The summed E-state index contributed by atoms with van der Waals surface area (Å²) in [5.41, 5.74) is 1.70. The summed E-state index contributed by atoms with van der Waals surface area (Å²) in [6.45, 7) is -0.765. The first kappa shape index (κ1) is 11.1. The molecule has 0 aromatic carbocycles. The van der Waals surface area contributed by atoms with Crippen molar-refractivity contribution in [3.05, 3.63) is 0 Å². The lowest BCUT2D eigenvalue weighted by atomic mass is 10.4. The second-order valence-electron chi connectivity index (χ2n) is 1.91. The number of hydrazine groups is 2. The van der Waals surface area contributed by atoms with Crippen LogP contribution in [0.25, 0.3) is 0 Å². The monoisotopic (exact) mass is 180 g/mol. The fourth-order valence-corrected chi connectivity index (χ4v) is 0.341. The van der Waals surface area contributed by atoms with Gasteiger partial charge in [0.1, 0.15) is 12.7 Å². The number of carbonyl (C=O) groups is 1. The Morgan fingerprint density at radius 1 is 1.75 bits per heavy atom. The van der Waals surface area contributed by atoms with Crippen molar-refractivity contribution in [2.45, 2.75) is 6.10 Å². The molecule has 7 N–H and O–H groups in total. The molecule has 2 amide bonds. The van der Waals surface area contributed by atoms with E-state index in [4.69, 9.17) is 21.9 Å². The lowest BCUT2D eigenvalue weighted by Gasteiger charge is -2.16. The Morgan fingerprint density at radius 2 is 2.33 bits per heavy atom. The lowest BCUT2D eigenvalue weighted by molar-refractivity contribution is -0.148. The van der Waals surface area contributed by atoms with Crippen molar-refractivity contribution in [3.8, 4) is 0 Å². The Morgan fingerprint density at radius 3 is 2.75 bits per heavy atom. The van der Waals surface area contributed by atoms with Crippen LogP contribution in [0.1, 0.15) is 0 Å². The van der Waals surface area contributed by atoms with Gasteiger partial charge in [-0.1, -0.05) is 0 Å². The maximum Gasteiger partial charge on any atom is 0.370 e. The van der Waals surface area contributed by atoms with Gasteiger partial charge >= 0.3 is 6.03 Å². The Kier molecular flexibility index (Phi) is 5.25. The molecule has 0 aromatic heterocycles. The number of nitrogens with one attached hydrogen (secondary N) is 1. The summed E-state index contributed by atoms with van der Waals surface area (Å²) in [4.78, 5) is 15.0. The zero-order chi connectivity index (χ0) is 9.56. The molecule has 1 atom stereocenters. The highest BCUT2D eigenvalue weighted by molar-refractivity contribution is 5.71. The Labute approximate surface area is 68.6 Å². The number of hydrogen-bond acceptors (Lipinski definition) is 6. The van der Waals surface area contributed by atoms with Gasteiger partial charge in [0.2, 0.25) is 0 Å². The highest BCUT2D eigenvalue weighted by Gasteiger charge is 2.10. The molecule has 0 heterocycles. The molecule has 0 saturated carbocycles. The second-order valence-corrected chi connectivity index (χ2v) is 1.91. The zero-order valence-electron chi connectivity index (χ0n) is 6.30. The van der Waals surface area contributed by atoms with Crippen molar-refractivity contribution < 1.29 is 19.8 Å². The van der Waals surface area contributed by atoms with E-state index in [0.717, 1.165) is 0 Å². The number of nitrogens with two attached hydrogens (primary N) is 2. The molecule has 0 spiro atoms. The second kappa shape index (κ2) is 5.69. The van der Waals surface area contributed by atoms with Crippen LogP contribution in [-0.4, -0.2) is 40.7 Å². The summed E-state index contributed by atoms with van der Waals surface area (Å²) < 4.78 is 0. The average molecular weight is 180 g/mol.